The summed E-state index contributed by atoms with van der Waals surface area (Å²) in [4.78, 5) is 18.0. The van der Waals surface area contributed by atoms with Gasteiger partial charge in [-0.25, -0.2) is 4.98 Å². The number of ether oxygens (including phenoxy) is 1. The number of rotatable bonds is 6. The van der Waals surface area contributed by atoms with Crippen LogP contribution < -0.4 is 10.3 Å². The van der Waals surface area contributed by atoms with Crippen molar-refractivity contribution in [1.82, 2.24) is 9.55 Å². The Labute approximate surface area is 187 Å². The molecule has 0 atom stereocenters. The van der Waals surface area contributed by atoms with E-state index in [1.807, 2.05) is 48.5 Å². The predicted molar refractivity (Wildman–Crippen MR) is 127 cm³/mol. The zero-order valence-electron chi connectivity index (χ0n) is 18.0. The fourth-order valence-electron chi connectivity index (χ4n) is 3.99. The number of fused-ring (bicyclic) bond motifs is 1. The summed E-state index contributed by atoms with van der Waals surface area (Å²) < 4.78 is 7.82. The monoisotopic (exact) mass is 432 g/mol. The molecule has 1 heterocycles. The van der Waals surface area contributed by atoms with Crippen LogP contribution in [-0.4, -0.2) is 16.2 Å². The van der Waals surface area contributed by atoms with Crippen molar-refractivity contribution < 1.29 is 4.74 Å². The minimum absolute atomic E-state index is 0.0433. The third-order valence-corrected chi connectivity index (χ3v) is 5.59. The summed E-state index contributed by atoms with van der Waals surface area (Å²) in [5.41, 5.74) is 4.99. The number of para-hydroxylation sites is 1. The van der Waals surface area contributed by atoms with Crippen LogP contribution in [0.25, 0.3) is 22.3 Å². The lowest BCUT2D eigenvalue weighted by Gasteiger charge is -2.16. The Hall–Kier alpha value is -3.11. The zero-order chi connectivity index (χ0) is 22.0. The van der Waals surface area contributed by atoms with Gasteiger partial charge in [0.25, 0.3) is 5.56 Å². The van der Waals surface area contributed by atoms with Crippen molar-refractivity contribution >= 4 is 22.5 Å². The highest BCUT2D eigenvalue weighted by Gasteiger charge is 2.13. The molecule has 31 heavy (non-hydrogen) atoms. The first kappa shape index (κ1) is 21.1. The van der Waals surface area contributed by atoms with Crippen molar-refractivity contribution in [2.45, 2.75) is 33.7 Å². The number of benzene rings is 3. The van der Waals surface area contributed by atoms with E-state index in [9.17, 15) is 4.79 Å². The molecule has 158 valence electrons. The van der Waals surface area contributed by atoms with Crippen molar-refractivity contribution in [2.75, 3.05) is 6.61 Å². The maximum Gasteiger partial charge on any atom is 0.261 e. The minimum Gasteiger partial charge on any atom is -0.493 e. The predicted octanol–water partition coefficient (Wildman–Crippen LogP) is 6.11. The Morgan fingerprint density at radius 3 is 2.35 bits per heavy atom. The lowest BCUT2D eigenvalue weighted by Crippen LogP contribution is -2.24. The lowest BCUT2D eigenvalue weighted by atomic mass is 10.1. The summed E-state index contributed by atoms with van der Waals surface area (Å²) in [5, 5.41) is 1.27. The summed E-state index contributed by atoms with van der Waals surface area (Å²) >= 11 is 6.06. The summed E-state index contributed by atoms with van der Waals surface area (Å²) in [6.07, 6.45) is 0.688. The Morgan fingerprint density at radius 1 is 0.968 bits per heavy atom. The molecule has 0 radical (unpaired) electrons. The molecule has 0 saturated carbocycles. The van der Waals surface area contributed by atoms with Crippen molar-refractivity contribution in [2.24, 2.45) is 0 Å². The van der Waals surface area contributed by atoms with Gasteiger partial charge in [-0.15, -0.1) is 0 Å². The highest BCUT2D eigenvalue weighted by Crippen LogP contribution is 2.25. The third kappa shape index (κ3) is 4.49. The van der Waals surface area contributed by atoms with Gasteiger partial charge in [-0.3, -0.25) is 9.36 Å². The van der Waals surface area contributed by atoms with Crippen molar-refractivity contribution in [3.8, 4) is 17.1 Å². The van der Waals surface area contributed by atoms with Crippen LogP contribution in [0.1, 0.15) is 23.1 Å². The molecule has 1 aromatic heterocycles. The first-order valence-corrected chi connectivity index (χ1v) is 10.8. The highest BCUT2D eigenvalue weighted by molar-refractivity contribution is 6.30. The van der Waals surface area contributed by atoms with E-state index in [1.165, 1.54) is 5.56 Å². The van der Waals surface area contributed by atoms with E-state index >= 15 is 0 Å². The molecule has 0 saturated heterocycles. The largest absolute Gasteiger partial charge is 0.493 e. The topological polar surface area (TPSA) is 44.1 Å². The molecule has 4 rings (SSSR count). The van der Waals surface area contributed by atoms with Crippen molar-refractivity contribution in [3.05, 3.63) is 92.7 Å². The van der Waals surface area contributed by atoms with Crippen LogP contribution in [0, 0.1) is 20.8 Å². The van der Waals surface area contributed by atoms with E-state index < -0.39 is 0 Å². The number of hydrogen-bond acceptors (Lipinski definition) is 3. The van der Waals surface area contributed by atoms with Gasteiger partial charge >= 0.3 is 0 Å². The molecule has 0 unspecified atom stereocenters. The summed E-state index contributed by atoms with van der Waals surface area (Å²) in [5.74, 6) is 1.57. The highest BCUT2D eigenvalue weighted by atomic mass is 35.5. The van der Waals surface area contributed by atoms with Crippen molar-refractivity contribution in [1.29, 1.82) is 0 Å². The fourth-order valence-corrected chi connectivity index (χ4v) is 4.11. The molecule has 0 spiro atoms. The molecular formula is C26H25ClN2O2. The lowest BCUT2D eigenvalue weighted by molar-refractivity contribution is 0.297. The first-order valence-electron chi connectivity index (χ1n) is 10.4. The Morgan fingerprint density at radius 2 is 1.65 bits per heavy atom. The average molecular weight is 433 g/mol. The van der Waals surface area contributed by atoms with Gasteiger partial charge in [-0.1, -0.05) is 41.4 Å². The Balaban J connectivity index is 1.62. The molecule has 0 bridgehead atoms. The summed E-state index contributed by atoms with van der Waals surface area (Å²) in [6.45, 7) is 7.24. The van der Waals surface area contributed by atoms with Gasteiger partial charge in [-0.05, 0) is 74.7 Å². The number of nitrogens with zero attached hydrogens (tertiary/aromatic N) is 2. The molecule has 3 aromatic carbocycles. The first-order chi connectivity index (χ1) is 14.9. The molecule has 0 aliphatic rings. The molecule has 4 nitrogen and oxygen atoms in total. The maximum absolute atomic E-state index is 13.3. The van der Waals surface area contributed by atoms with Gasteiger partial charge in [-0.2, -0.15) is 0 Å². The SMILES string of the molecule is Cc1cc(C)c(OCCCn2c(-c3ccc(Cl)cc3)nc3ccccc3c2=O)c(C)c1. The van der Waals surface area contributed by atoms with Crippen LogP contribution in [-0.2, 0) is 6.54 Å². The van der Waals surface area contributed by atoms with Crippen LogP contribution in [0.2, 0.25) is 5.02 Å². The van der Waals surface area contributed by atoms with E-state index in [1.54, 1.807) is 4.57 Å². The van der Waals surface area contributed by atoms with Crippen LogP contribution >= 0.6 is 11.6 Å². The van der Waals surface area contributed by atoms with Crippen molar-refractivity contribution in [3.63, 3.8) is 0 Å². The number of aromatic nitrogens is 2. The number of halogens is 1. The Bertz CT molecular complexity index is 1270. The van der Waals surface area contributed by atoms with E-state index in [0.717, 1.165) is 22.4 Å². The molecule has 5 heteroatoms. The van der Waals surface area contributed by atoms with Gasteiger partial charge in [0.2, 0.25) is 0 Å². The van der Waals surface area contributed by atoms with E-state index in [2.05, 4.69) is 32.9 Å². The second kappa shape index (κ2) is 8.94. The van der Waals surface area contributed by atoms with Gasteiger partial charge in [0, 0.05) is 17.1 Å². The van der Waals surface area contributed by atoms with Gasteiger partial charge in [0.05, 0.1) is 17.5 Å². The van der Waals surface area contributed by atoms with E-state index in [0.29, 0.717) is 41.3 Å². The number of hydrogen-bond donors (Lipinski definition) is 0. The average Bonchev–Trinajstić information content (AvgIpc) is 2.74. The molecule has 0 fully saturated rings. The van der Waals surface area contributed by atoms with E-state index in [4.69, 9.17) is 21.3 Å². The fraction of sp³-hybridized carbons (Fsp3) is 0.231. The quantitative estimate of drug-likeness (QED) is 0.345. The maximum atomic E-state index is 13.3. The van der Waals surface area contributed by atoms with Gasteiger partial charge in [0.1, 0.15) is 11.6 Å². The van der Waals surface area contributed by atoms with Gasteiger partial charge < -0.3 is 4.74 Å². The van der Waals surface area contributed by atoms with Crippen LogP contribution in [0.5, 0.6) is 5.75 Å². The normalized spacial score (nSPS) is 11.1. The van der Waals surface area contributed by atoms with E-state index in [-0.39, 0.29) is 5.56 Å². The molecule has 0 amide bonds. The standard InChI is InChI=1S/C26H25ClN2O2/c1-17-15-18(2)24(19(3)16-17)31-14-6-13-29-25(20-9-11-21(27)12-10-20)28-23-8-5-4-7-22(23)26(29)30/h4-5,7-12,15-16H,6,13-14H2,1-3H3. The Kier molecular flexibility index (Phi) is 6.10. The molecule has 0 N–H and O–H groups in total. The smallest absolute Gasteiger partial charge is 0.261 e. The zero-order valence-corrected chi connectivity index (χ0v) is 18.7. The van der Waals surface area contributed by atoms with Crippen LogP contribution in [0.4, 0.5) is 0 Å². The third-order valence-electron chi connectivity index (χ3n) is 5.34. The molecule has 4 aromatic rings. The molecule has 0 aliphatic heterocycles. The second-order valence-corrected chi connectivity index (χ2v) is 8.28. The van der Waals surface area contributed by atoms with Gasteiger partial charge in [0.15, 0.2) is 0 Å². The minimum atomic E-state index is -0.0433. The summed E-state index contributed by atoms with van der Waals surface area (Å²) in [7, 11) is 0. The number of aryl methyl sites for hydroxylation is 3. The second-order valence-electron chi connectivity index (χ2n) is 7.85. The summed E-state index contributed by atoms with van der Waals surface area (Å²) in [6, 6.07) is 19.1. The van der Waals surface area contributed by atoms with Crippen LogP contribution in [0.15, 0.2) is 65.5 Å². The van der Waals surface area contributed by atoms with Crippen LogP contribution in [0.3, 0.4) is 0 Å². The molecular weight excluding hydrogens is 408 g/mol. The molecule has 0 aliphatic carbocycles.